The normalized spacial score (nSPS) is 25.0. The Morgan fingerprint density at radius 1 is 1.04 bits per heavy atom. The Morgan fingerprint density at radius 2 is 1.80 bits per heavy atom. The molecule has 2 aromatic rings. The molecule has 5 heterocycles. The fraction of sp³-hybridized carbons (Fsp3) is 0.477. The van der Waals surface area contributed by atoms with Crippen molar-refractivity contribution in [1.29, 1.82) is 0 Å². The average molecular weight is 741 g/mol. The second kappa shape index (κ2) is 17.2. The number of carbonyl (C=O) groups is 3. The summed E-state index contributed by atoms with van der Waals surface area (Å²) < 4.78 is 10.9. The first-order chi connectivity index (χ1) is 25.4. The molecule has 0 amide bonds. The van der Waals surface area contributed by atoms with E-state index in [-0.39, 0.29) is 65.7 Å². The minimum absolute atomic E-state index is 0. The molecule has 0 radical (unpaired) electrons. The number of Topliss-reactive ketones (excluding diaryl/α,β-unsaturated/α-hetero) is 1. The summed E-state index contributed by atoms with van der Waals surface area (Å²) in [7, 11) is 1.30. The minimum atomic E-state index is -1.19. The van der Waals surface area contributed by atoms with Crippen molar-refractivity contribution >= 4 is 64.6 Å². The minimum Gasteiger partial charge on any atom is -0.678 e. The first kappa shape index (κ1) is 41.1. The van der Waals surface area contributed by atoms with E-state index in [9.17, 15) is 14.4 Å². The second-order valence-electron chi connectivity index (χ2n) is 14.8. The standard InChI is InChI=1S/C44H53N4O5.Mg/c1-10-13-14-15-23(4)18-19-53-37(49)17-16-30-26(7)33-20-31-24(5)28(11-2)35(45-31)21-32-25(6)29(12-3)36(46-32)22-34-27(8)38-42(48-34)39(41(30)47-33)40(43(38)50)44(51)52-9;/h11,18,20-21,26,30,36,40H,2,10,12-17,19,22H2,1,3-9H3,(H-,47,48,50);/q-3;+2/p-1/b23-18+,32-21-,33-20-;/t26-,30-,36?,40+;/m0./s1. The number of aromatic nitrogens is 2. The molecule has 0 N–H and O–H groups in total. The van der Waals surface area contributed by atoms with Crippen LogP contribution in [0.15, 0.2) is 46.5 Å². The third-order valence-corrected chi connectivity index (χ3v) is 11.6. The van der Waals surface area contributed by atoms with Crippen LogP contribution in [0.4, 0.5) is 0 Å². The van der Waals surface area contributed by atoms with Crippen LogP contribution in [0.5, 0.6) is 0 Å². The zero-order valence-electron chi connectivity index (χ0n) is 33.2. The Hall–Kier alpha value is -4.02. The van der Waals surface area contributed by atoms with Crippen LogP contribution in [0.25, 0.3) is 34.4 Å². The fourth-order valence-electron chi connectivity index (χ4n) is 8.41. The number of unbranched alkanes of at least 4 members (excludes halogenated alkanes) is 2. The maximum absolute atomic E-state index is 14.3. The molecule has 8 bridgehead atoms. The zero-order chi connectivity index (χ0) is 38.1. The molecule has 0 saturated carbocycles. The van der Waals surface area contributed by atoms with Crippen LogP contribution in [0.3, 0.4) is 0 Å². The van der Waals surface area contributed by atoms with Gasteiger partial charge in [0.25, 0.3) is 0 Å². The smallest absolute Gasteiger partial charge is 0.678 e. The van der Waals surface area contributed by atoms with Crippen molar-refractivity contribution in [2.24, 2.45) is 17.8 Å². The van der Waals surface area contributed by atoms with Gasteiger partial charge in [0.05, 0.1) is 7.11 Å². The number of ketones is 1. The Kier molecular flexibility index (Phi) is 13.1. The van der Waals surface area contributed by atoms with Crippen LogP contribution in [0.2, 0.25) is 0 Å². The Bertz CT molecular complexity index is 2000. The first-order valence-electron chi connectivity index (χ1n) is 19.1. The van der Waals surface area contributed by atoms with Crippen molar-refractivity contribution < 1.29 is 23.9 Å². The fourth-order valence-corrected chi connectivity index (χ4v) is 8.41. The molecule has 1 aliphatic carbocycles. The van der Waals surface area contributed by atoms with Gasteiger partial charge in [-0.15, -0.1) is 22.8 Å². The van der Waals surface area contributed by atoms with Crippen LogP contribution in [-0.2, 0) is 25.5 Å². The van der Waals surface area contributed by atoms with E-state index < -0.39 is 11.9 Å². The maximum Gasteiger partial charge on any atom is 2.00 e. The predicted octanol–water partition coefficient (Wildman–Crippen LogP) is 9.09. The van der Waals surface area contributed by atoms with Gasteiger partial charge in [0.1, 0.15) is 12.5 Å². The monoisotopic (exact) mass is 740 g/mol. The number of carbonyl (C=O) groups excluding carboxylic acids is 3. The predicted molar refractivity (Wildman–Crippen MR) is 216 cm³/mol. The van der Waals surface area contributed by atoms with Gasteiger partial charge in [-0.2, -0.15) is 17.1 Å². The number of hydrogen-bond donors (Lipinski definition) is 0. The Balaban J connectivity index is 0.00000561. The summed E-state index contributed by atoms with van der Waals surface area (Å²) in [5.74, 6) is -2.93. The molecule has 1 saturated heterocycles. The number of rotatable bonds is 12. The largest absolute Gasteiger partial charge is 2.00 e. The number of fused-ring (bicyclic) bond motifs is 7. The molecule has 10 heteroatoms. The molecule has 2 aromatic heterocycles. The van der Waals surface area contributed by atoms with Crippen molar-refractivity contribution in [1.82, 2.24) is 9.97 Å². The van der Waals surface area contributed by atoms with Gasteiger partial charge in [-0.25, -0.2) is 0 Å². The quantitative estimate of drug-likeness (QED) is 0.0699. The molecule has 1 unspecified atom stereocenters. The maximum atomic E-state index is 14.3. The SMILES string of the molecule is C=Cc1c2[n-]c(c1C)/C=C1\[N-]/C(=C3\c4[n-]c(c(C)c4C(=O)[C@@H]3C(=O)OC)CC3[N-]/C(=C\2)C(C)=C3CC)[C@@H](CCC(=O)OC/C=C(\C)CCCCC)[C@@H]1C.[Mg+2]. The summed E-state index contributed by atoms with van der Waals surface area (Å²) >= 11 is 0. The summed E-state index contributed by atoms with van der Waals surface area (Å²) in [6, 6.07) is -0.144. The van der Waals surface area contributed by atoms with Crippen molar-refractivity contribution in [3.63, 3.8) is 0 Å². The molecule has 1 fully saturated rings. The Morgan fingerprint density at radius 3 is 2.48 bits per heavy atom. The number of allylic oxidation sites excluding steroid dienone is 4. The van der Waals surface area contributed by atoms with Crippen molar-refractivity contribution in [3.8, 4) is 0 Å². The van der Waals surface area contributed by atoms with E-state index in [0.29, 0.717) is 35.4 Å². The summed E-state index contributed by atoms with van der Waals surface area (Å²) in [4.78, 5) is 51.1. The van der Waals surface area contributed by atoms with Crippen LogP contribution in [0.1, 0.15) is 129 Å². The van der Waals surface area contributed by atoms with Crippen molar-refractivity contribution in [2.75, 3.05) is 13.7 Å². The third-order valence-electron chi connectivity index (χ3n) is 11.6. The summed E-state index contributed by atoms with van der Waals surface area (Å²) in [6.45, 7) is 18.8. The topological polar surface area (TPSA) is 126 Å². The van der Waals surface area contributed by atoms with Gasteiger partial charge >= 0.3 is 35.0 Å². The van der Waals surface area contributed by atoms with Gasteiger partial charge < -0.3 is 30.1 Å². The van der Waals surface area contributed by atoms with Gasteiger partial charge in [0.2, 0.25) is 0 Å². The molecule has 4 aliphatic rings. The molecule has 4 atom stereocenters. The molecule has 6 rings (SSSR count). The molecule has 54 heavy (non-hydrogen) atoms. The van der Waals surface area contributed by atoms with E-state index in [0.717, 1.165) is 76.4 Å². The van der Waals surface area contributed by atoms with Crippen LogP contribution < -0.4 is 9.97 Å². The van der Waals surface area contributed by atoms with Crippen LogP contribution >= 0.6 is 0 Å². The first-order valence-corrected chi connectivity index (χ1v) is 19.1. The number of esters is 2. The van der Waals surface area contributed by atoms with Crippen LogP contribution in [-0.4, -0.2) is 60.5 Å². The zero-order valence-corrected chi connectivity index (χ0v) is 34.6. The van der Waals surface area contributed by atoms with Crippen molar-refractivity contribution in [3.05, 3.63) is 102 Å². The molecular formula is C44H52MgN4O5-2. The van der Waals surface area contributed by atoms with E-state index in [1.807, 2.05) is 38.2 Å². The molecule has 0 spiro atoms. The summed E-state index contributed by atoms with van der Waals surface area (Å²) in [5, 5.41) is 10.4. The van der Waals surface area contributed by atoms with E-state index in [2.05, 4.69) is 41.2 Å². The molecule has 3 aliphatic heterocycles. The number of hydrogen-bond acceptors (Lipinski definition) is 5. The number of ether oxygens (including phenoxy) is 2. The molecular weight excluding hydrogens is 689 g/mol. The van der Waals surface area contributed by atoms with Gasteiger partial charge in [-0.05, 0) is 76.9 Å². The molecule has 0 aromatic carbocycles. The van der Waals surface area contributed by atoms with E-state index in [1.165, 1.54) is 24.7 Å². The molecule has 9 nitrogen and oxygen atoms in total. The summed E-state index contributed by atoms with van der Waals surface area (Å²) in [6.07, 6.45) is 14.2. The van der Waals surface area contributed by atoms with Gasteiger partial charge in [0.15, 0.2) is 5.78 Å². The van der Waals surface area contributed by atoms with Gasteiger partial charge in [-0.3, -0.25) is 14.4 Å². The average Bonchev–Trinajstić information content (AvgIpc) is 3.87. The van der Waals surface area contributed by atoms with Gasteiger partial charge in [0, 0.05) is 12.0 Å². The Labute approximate surface area is 336 Å². The number of methoxy groups -OCH3 is 1. The van der Waals surface area contributed by atoms with E-state index >= 15 is 0 Å². The molecule has 282 valence electrons. The third kappa shape index (κ3) is 7.61. The van der Waals surface area contributed by atoms with E-state index in [1.54, 1.807) is 0 Å². The van der Waals surface area contributed by atoms with Crippen LogP contribution in [0, 0.1) is 31.6 Å². The van der Waals surface area contributed by atoms with E-state index in [4.69, 9.17) is 30.1 Å². The number of nitrogens with zero attached hydrogens (tertiary/aromatic N) is 4. The van der Waals surface area contributed by atoms with Crippen molar-refractivity contribution in [2.45, 2.75) is 106 Å². The van der Waals surface area contributed by atoms with Gasteiger partial charge in [-0.1, -0.05) is 104 Å². The summed E-state index contributed by atoms with van der Waals surface area (Å²) in [5.41, 5.74) is 12.2. The second-order valence-corrected chi connectivity index (χ2v) is 14.8.